The molecule has 0 aliphatic carbocycles. The molecule has 0 unspecified atom stereocenters. The molecule has 0 aliphatic heterocycles. The molecule has 150 valence electrons. The Bertz CT molecular complexity index is 1400. The van der Waals surface area contributed by atoms with E-state index in [0.717, 1.165) is 11.1 Å². The van der Waals surface area contributed by atoms with Crippen molar-refractivity contribution in [3.63, 3.8) is 0 Å². The van der Waals surface area contributed by atoms with E-state index in [1.807, 2.05) is 36.4 Å². The van der Waals surface area contributed by atoms with Crippen molar-refractivity contribution in [2.24, 2.45) is 0 Å². The topological polar surface area (TPSA) is 85.1 Å². The summed E-state index contributed by atoms with van der Waals surface area (Å²) in [5.41, 5.74) is 3.71. The number of benzene rings is 2. The van der Waals surface area contributed by atoms with E-state index in [4.69, 9.17) is 0 Å². The number of aromatic nitrogens is 5. The highest BCUT2D eigenvalue weighted by atomic mass is 19.1. The average molecular weight is 410 g/mol. The molecule has 1 N–H and O–H groups in total. The van der Waals surface area contributed by atoms with Crippen LogP contribution in [0.2, 0.25) is 0 Å². The fourth-order valence-corrected chi connectivity index (χ4v) is 3.21. The van der Waals surface area contributed by atoms with Crippen LogP contribution in [0.5, 0.6) is 0 Å². The van der Waals surface area contributed by atoms with E-state index in [0.29, 0.717) is 22.9 Å². The van der Waals surface area contributed by atoms with Gasteiger partial charge in [-0.2, -0.15) is 9.61 Å². The second kappa shape index (κ2) is 7.75. The van der Waals surface area contributed by atoms with Crippen molar-refractivity contribution < 1.29 is 9.18 Å². The fraction of sp³-hybridized carbons (Fsp3) is 0. The summed E-state index contributed by atoms with van der Waals surface area (Å²) in [5, 5.41) is 15.8. The van der Waals surface area contributed by atoms with Crippen LogP contribution in [0, 0.1) is 5.82 Å². The van der Waals surface area contributed by atoms with Crippen molar-refractivity contribution in [3.8, 4) is 22.6 Å². The van der Waals surface area contributed by atoms with Crippen LogP contribution < -0.4 is 5.32 Å². The summed E-state index contributed by atoms with van der Waals surface area (Å²) >= 11 is 0. The van der Waals surface area contributed by atoms with Gasteiger partial charge in [-0.15, -0.1) is 10.2 Å². The first-order valence-electron chi connectivity index (χ1n) is 9.47. The zero-order valence-corrected chi connectivity index (χ0v) is 16.1. The Labute approximate surface area is 176 Å². The van der Waals surface area contributed by atoms with Crippen LogP contribution in [0.15, 0.2) is 85.2 Å². The second-order valence-electron chi connectivity index (χ2n) is 6.80. The Morgan fingerprint density at radius 2 is 1.77 bits per heavy atom. The highest BCUT2D eigenvalue weighted by molar-refractivity contribution is 6.04. The number of rotatable bonds is 4. The van der Waals surface area contributed by atoms with Crippen LogP contribution >= 0.6 is 0 Å². The standard InChI is InChI=1S/C23H15FN6O/c24-18-7-1-5-16(12-18)23(31)26-19-8-2-4-15(13-19)20-9-10-21-27-28-22(30(21)29-20)17-6-3-11-25-14-17/h1-14H,(H,26,31). The first-order chi connectivity index (χ1) is 15.2. The van der Waals surface area contributed by atoms with E-state index in [2.05, 4.69) is 25.6 Å². The van der Waals surface area contributed by atoms with Gasteiger partial charge in [-0.25, -0.2) is 4.39 Å². The van der Waals surface area contributed by atoms with Crippen molar-refractivity contribution in [1.29, 1.82) is 0 Å². The van der Waals surface area contributed by atoms with Gasteiger partial charge in [0.15, 0.2) is 11.5 Å². The third kappa shape index (κ3) is 3.74. The van der Waals surface area contributed by atoms with Crippen LogP contribution in [0.1, 0.15) is 10.4 Å². The lowest BCUT2D eigenvalue weighted by Gasteiger charge is -2.08. The molecule has 5 aromatic rings. The molecule has 0 aliphatic rings. The highest BCUT2D eigenvalue weighted by Crippen LogP contribution is 2.23. The number of anilines is 1. The van der Waals surface area contributed by atoms with Gasteiger partial charge in [-0.1, -0.05) is 18.2 Å². The maximum atomic E-state index is 13.4. The van der Waals surface area contributed by atoms with Gasteiger partial charge in [0, 0.05) is 34.8 Å². The largest absolute Gasteiger partial charge is 0.322 e. The lowest BCUT2D eigenvalue weighted by Crippen LogP contribution is -2.12. The number of amides is 1. The number of pyridine rings is 1. The van der Waals surface area contributed by atoms with Crippen molar-refractivity contribution in [2.45, 2.75) is 0 Å². The molecule has 2 aromatic carbocycles. The van der Waals surface area contributed by atoms with Crippen LogP contribution in [0.3, 0.4) is 0 Å². The quantitative estimate of drug-likeness (QED) is 0.479. The average Bonchev–Trinajstić information content (AvgIpc) is 3.23. The molecule has 0 fully saturated rings. The lowest BCUT2D eigenvalue weighted by atomic mass is 10.1. The Hall–Kier alpha value is -4.46. The van der Waals surface area contributed by atoms with E-state index >= 15 is 0 Å². The summed E-state index contributed by atoms with van der Waals surface area (Å²) in [5.74, 6) is -0.268. The lowest BCUT2D eigenvalue weighted by molar-refractivity contribution is 0.102. The van der Waals surface area contributed by atoms with E-state index in [9.17, 15) is 9.18 Å². The van der Waals surface area contributed by atoms with Crippen LogP contribution in [-0.2, 0) is 0 Å². The molecule has 1 amide bonds. The van der Waals surface area contributed by atoms with Gasteiger partial charge in [0.1, 0.15) is 5.82 Å². The second-order valence-corrected chi connectivity index (χ2v) is 6.80. The first-order valence-corrected chi connectivity index (χ1v) is 9.47. The number of carbonyl (C=O) groups excluding carboxylic acids is 1. The predicted octanol–water partition coefficient (Wildman–Crippen LogP) is 4.24. The number of nitrogens with one attached hydrogen (secondary N) is 1. The maximum absolute atomic E-state index is 13.4. The molecule has 3 aromatic heterocycles. The molecule has 8 heteroatoms. The normalized spacial score (nSPS) is 10.9. The number of hydrogen-bond donors (Lipinski definition) is 1. The van der Waals surface area contributed by atoms with Gasteiger partial charge >= 0.3 is 0 Å². The molecule has 5 rings (SSSR count). The molecule has 0 radical (unpaired) electrons. The summed E-state index contributed by atoms with van der Waals surface area (Å²) < 4.78 is 15.1. The number of hydrogen-bond acceptors (Lipinski definition) is 5. The Morgan fingerprint density at radius 3 is 2.61 bits per heavy atom. The van der Waals surface area contributed by atoms with Gasteiger partial charge in [-0.3, -0.25) is 9.78 Å². The Kier molecular flexibility index (Phi) is 4.64. The predicted molar refractivity (Wildman–Crippen MR) is 114 cm³/mol. The van der Waals surface area contributed by atoms with Crippen LogP contribution in [-0.4, -0.2) is 30.7 Å². The Balaban J connectivity index is 1.47. The summed E-state index contributed by atoms with van der Waals surface area (Å²) in [4.78, 5) is 16.6. The number of nitrogens with zero attached hydrogens (tertiary/aromatic N) is 5. The molecule has 0 spiro atoms. The minimum Gasteiger partial charge on any atom is -0.322 e. The van der Waals surface area contributed by atoms with Gasteiger partial charge in [0.2, 0.25) is 0 Å². The van der Waals surface area contributed by atoms with Crippen molar-refractivity contribution in [3.05, 3.63) is 96.6 Å². The zero-order valence-electron chi connectivity index (χ0n) is 16.1. The third-order valence-electron chi connectivity index (χ3n) is 4.69. The molecular formula is C23H15FN6O. The van der Waals surface area contributed by atoms with E-state index in [-0.39, 0.29) is 5.56 Å². The third-order valence-corrected chi connectivity index (χ3v) is 4.69. The molecule has 31 heavy (non-hydrogen) atoms. The van der Waals surface area contributed by atoms with Crippen molar-refractivity contribution in [2.75, 3.05) is 5.32 Å². The summed E-state index contributed by atoms with van der Waals surface area (Å²) in [6.45, 7) is 0. The van der Waals surface area contributed by atoms with Crippen LogP contribution in [0.25, 0.3) is 28.3 Å². The summed E-state index contributed by atoms with van der Waals surface area (Å²) in [7, 11) is 0. The fourth-order valence-electron chi connectivity index (χ4n) is 3.21. The Morgan fingerprint density at radius 1 is 0.903 bits per heavy atom. The van der Waals surface area contributed by atoms with Crippen LogP contribution in [0.4, 0.5) is 10.1 Å². The molecule has 3 heterocycles. The maximum Gasteiger partial charge on any atom is 0.255 e. The molecular weight excluding hydrogens is 395 g/mol. The SMILES string of the molecule is O=C(Nc1cccc(-c2ccc3nnc(-c4cccnc4)n3n2)c1)c1cccc(F)c1. The minimum absolute atomic E-state index is 0.246. The van der Waals surface area contributed by atoms with Crippen molar-refractivity contribution in [1.82, 2.24) is 24.8 Å². The number of carbonyl (C=O) groups is 1. The highest BCUT2D eigenvalue weighted by Gasteiger charge is 2.12. The van der Waals surface area contributed by atoms with Gasteiger partial charge < -0.3 is 5.32 Å². The smallest absolute Gasteiger partial charge is 0.255 e. The van der Waals surface area contributed by atoms with Gasteiger partial charge in [-0.05, 0) is 54.6 Å². The number of fused-ring (bicyclic) bond motifs is 1. The van der Waals surface area contributed by atoms with Gasteiger partial charge in [0.25, 0.3) is 5.91 Å². The number of halogens is 1. The van der Waals surface area contributed by atoms with Crippen molar-refractivity contribution >= 4 is 17.2 Å². The molecule has 0 atom stereocenters. The van der Waals surface area contributed by atoms with E-state index in [1.54, 1.807) is 35.1 Å². The first kappa shape index (κ1) is 18.6. The molecule has 0 saturated heterocycles. The monoisotopic (exact) mass is 410 g/mol. The summed E-state index contributed by atoms with van der Waals surface area (Å²) in [6.07, 6.45) is 3.39. The van der Waals surface area contributed by atoms with E-state index < -0.39 is 11.7 Å². The minimum atomic E-state index is -0.461. The molecule has 7 nitrogen and oxygen atoms in total. The van der Waals surface area contributed by atoms with Gasteiger partial charge in [0.05, 0.1) is 5.69 Å². The zero-order chi connectivity index (χ0) is 21.2. The molecule has 0 saturated carbocycles. The van der Waals surface area contributed by atoms with E-state index in [1.165, 1.54) is 18.2 Å². The molecule has 0 bridgehead atoms. The summed E-state index contributed by atoms with van der Waals surface area (Å²) in [6, 6.07) is 20.2.